The van der Waals surface area contributed by atoms with E-state index in [1.54, 1.807) is 34.6 Å². The van der Waals surface area contributed by atoms with Gasteiger partial charge in [0, 0.05) is 34.6 Å². The van der Waals surface area contributed by atoms with Gasteiger partial charge in [-0.2, -0.15) is 0 Å². The maximum absolute atomic E-state index is 9.82. The van der Waals surface area contributed by atoms with E-state index in [9.17, 15) is 24.0 Å². The number of carbonyl (C=O) groups excluding carboxylic acids is 5. The first-order valence-electron chi connectivity index (χ1n) is 21.6. The fourth-order valence-electron chi connectivity index (χ4n) is 3.69. The van der Waals surface area contributed by atoms with E-state index >= 15 is 0 Å². The summed E-state index contributed by atoms with van der Waals surface area (Å²) in [4.78, 5) is 49.1. The molecule has 0 aliphatic heterocycles. The van der Waals surface area contributed by atoms with E-state index in [-0.39, 0.29) is 29.8 Å². The maximum Gasteiger partial charge on any atom is 0.302 e. The second-order valence-electron chi connectivity index (χ2n) is 12.9. The minimum absolute atomic E-state index is 0.211. The van der Waals surface area contributed by atoms with Crippen LogP contribution in [0, 0.1) is 34.6 Å². The molecule has 0 saturated carbocycles. The van der Waals surface area contributed by atoms with E-state index in [4.69, 9.17) is 0 Å². The highest BCUT2D eigenvalue weighted by Crippen LogP contribution is 1.95. The Labute approximate surface area is 392 Å². The Morgan fingerprint density at radius 3 is 0.400 bits per heavy atom. The number of esters is 5. The number of hydrogen-bond acceptors (Lipinski definition) is 10. The lowest BCUT2D eigenvalue weighted by Gasteiger charge is -1.89. The Hall–Kier alpha value is -6.55. The highest BCUT2D eigenvalue weighted by atomic mass is 16.5. The quantitative estimate of drug-likeness (QED) is 0.124. The van der Waals surface area contributed by atoms with Gasteiger partial charge in [-0.1, -0.05) is 179 Å². The number of benzene rings is 5. The highest BCUT2D eigenvalue weighted by Gasteiger charge is 1.84. The molecule has 360 valence electrons. The molecular weight excluding hydrogens is 821 g/mol. The average molecular weight is 901 g/mol. The summed E-state index contributed by atoms with van der Waals surface area (Å²) in [6.07, 6.45) is 0. The smallest absolute Gasteiger partial charge is 0.302 e. The zero-order chi connectivity index (χ0) is 50.5. The predicted octanol–water partition coefficient (Wildman–Crippen LogP) is 12.8. The Morgan fingerprint density at radius 1 is 0.262 bits per heavy atom. The molecule has 65 heavy (non-hydrogen) atoms. The molecule has 0 amide bonds. The number of hydrogen-bond donors (Lipinski definition) is 0. The van der Waals surface area contributed by atoms with Crippen LogP contribution in [0.15, 0.2) is 152 Å². The number of aryl methyl sites for hydroxylation is 5. The Bertz CT molecular complexity index is 1460. The van der Waals surface area contributed by atoms with Gasteiger partial charge in [0.1, 0.15) is 0 Å². The van der Waals surface area contributed by atoms with Crippen LogP contribution in [0.1, 0.15) is 97.1 Å². The first-order valence-corrected chi connectivity index (χ1v) is 21.6. The van der Waals surface area contributed by atoms with Crippen molar-refractivity contribution in [2.24, 2.45) is 0 Å². The molecule has 0 aliphatic carbocycles. The maximum atomic E-state index is 9.82. The first-order chi connectivity index (χ1) is 30.8. The van der Waals surface area contributed by atoms with Crippen molar-refractivity contribution in [1.82, 2.24) is 0 Å². The summed E-state index contributed by atoms with van der Waals surface area (Å²) in [7, 11) is 0. The molecule has 0 aliphatic rings. The van der Waals surface area contributed by atoms with Gasteiger partial charge < -0.3 is 23.7 Å². The molecule has 0 spiro atoms. The van der Waals surface area contributed by atoms with Gasteiger partial charge in [0.05, 0.1) is 33.0 Å². The standard InChI is InChI=1S/5C7H8.5C4H8O2/c5*1-7-5-3-2-4-6-7;5*1-3-6-4(2)5/h5*2-6H,1H3;5*3H2,1-2H3. The molecular formula is C55H80O10. The summed E-state index contributed by atoms with van der Waals surface area (Å²) in [5.74, 6) is -1.05. The number of ether oxygens (including phenoxy) is 5. The van der Waals surface area contributed by atoms with Gasteiger partial charge in [0.2, 0.25) is 0 Å². The first kappa shape index (κ1) is 67.5. The molecule has 5 aromatic rings. The molecule has 0 aromatic heterocycles. The van der Waals surface area contributed by atoms with Crippen molar-refractivity contribution >= 4 is 29.8 Å². The van der Waals surface area contributed by atoms with E-state index in [2.05, 4.69) is 119 Å². The monoisotopic (exact) mass is 901 g/mol. The number of carbonyl (C=O) groups is 5. The van der Waals surface area contributed by atoms with E-state index in [1.807, 2.05) is 91.0 Å². The van der Waals surface area contributed by atoms with Crippen molar-refractivity contribution in [2.45, 2.75) is 104 Å². The van der Waals surface area contributed by atoms with Crippen LogP contribution in [0.5, 0.6) is 0 Å². The predicted molar refractivity (Wildman–Crippen MR) is 267 cm³/mol. The van der Waals surface area contributed by atoms with Gasteiger partial charge in [-0.05, 0) is 69.2 Å². The van der Waals surface area contributed by atoms with Crippen LogP contribution in [0.2, 0.25) is 0 Å². The molecule has 0 atom stereocenters. The topological polar surface area (TPSA) is 132 Å². The molecule has 10 heteroatoms. The SMILES string of the molecule is CCOC(C)=O.CCOC(C)=O.CCOC(C)=O.CCOC(C)=O.CCOC(C)=O.Cc1ccccc1.Cc1ccccc1.Cc1ccccc1.Cc1ccccc1.Cc1ccccc1. The van der Waals surface area contributed by atoms with E-state index < -0.39 is 0 Å². The fraction of sp³-hybridized carbons (Fsp3) is 0.364. The van der Waals surface area contributed by atoms with Gasteiger partial charge in [-0.15, -0.1) is 0 Å². The number of rotatable bonds is 5. The fourth-order valence-corrected chi connectivity index (χ4v) is 3.69. The van der Waals surface area contributed by atoms with Crippen LogP contribution < -0.4 is 0 Å². The van der Waals surface area contributed by atoms with Crippen molar-refractivity contribution in [3.8, 4) is 0 Å². The molecule has 0 saturated heterocycles. The van der Waals surface area contributed by atoms with Gasteiger partial charge in [-0.3, -0.25) is 24.0 Å². The molecule has 0 fully saturated rings. The molecule has 0 radical (unpaired) electrons. The van der Waals surface area contributed by atoms with Crippen molar-refractivity contribution in [2.75, 3.05) is 33.0 Å². The minimum Gasteiger partial charge on any atom is -0.466 e. The van der Waals surface area contributed by atoms with Crippen LogP contribution in [0.3, 0.4) is 0 Å². The molecule has 5 rings (SSSR count). The van der Waals surface area contributed by atoms with Crippen LogP contribution >= 0.6 is 0 Å². The van der Waals surface area contributed by atoms with Crippen LogP contribution in [0.4, 0.5) is 0 Å². The van der Waals surface area contributed by atoms with Crippen LogP contribution in [0.25, 0.3) is 0 Å². The van der Waals surface area contributed by atoms with Crippen molar-refractivity contribution in [3.63, 3.8) is 0 Å². The normalized spacial score (nSPS) is 8.23. The van der Waals surface area contributed by atoms with E-state index in [0.29, 0.717) is 33.0 Å². The second kappa shape index (κ2) is 53.6. The Morgan fingerprint density at radius 2 is 0.369 bits per heavy atom. The average Bonchev–Trinajstić information content (AvgIpc) is 3.24. The van der Waals surface area contributed by atoms with Crippen LogP contribution in [-0.4, -0.2) is 62.9 Å². The Balaban J connectivity index is -0.000000205. The third kappa shape index (κ3) is 75.2. The third-order valence-electron chi connectivity index (χ3n) is 6.44. The summed E-state index contributed by atoms with van der Waals surface area (Å²) in [5, 5.41) is 0. The highest BCUT2D eigenvalue weighted by molar-refractivity contribution is 5.66. The van der Waals surface area contributed by atoms with Gasteiger partial charge in [0.15, 0.2) is 0 Å². The summed E-state index contributed by atoms with van der Waals surface area (Å²) in [6, 6.07) is 51.3. The molecule has 0 bridgehead atoms. The van der Waals surface area contributed by atoms with Crippen molar-refractivity contribution in [1.29, 1.82) is 0 Å². The molecule has 0 N–H and O–H groups in total. The minimum atomic E-state index is -0.211. The lowest BCUT2D eigenvalue weighted by molar-refractivity contribution is -0.141. The molecule has 0 unspecified atom stereocenters. The largest absolute Gasteiger partial charge is 0.466 e. The summed E-state index contributed by atoms with van der Waals surface area (Å²) < 4.78 is 22.0. The van der Waals surface area contributed by atoms with Gasteiger partial charge in [-0.25, -0.2) is 0 Å². The van der Waals surface area contributed by atoms with Crippen molar-refractivity contribution in [3.05, 3.63) is 179 Å². The Kier molecular flexibility index (Phi) is 55.7. The van der Waals surface area contributed by atoms with E-state index in [1.165, 1.54) is 62.4 Å². The van der Waals surface area contributed by atoms with Crippen molar-refractivity contribution < 1.29 is 47.7 Å². The third-order valence-corrected chi connectivity index (χ3v) is 6.44. The van der Waals surface area contributed by atoms with Crippen LogP contribution in [-0.2, 0) is 47.7 Å². The van der Waals surface area contributed by atoms with Gasteiger partial charge >= 0.3 is 29.8 Å². The molecule has 10 nitrogen and oxygen atoms in total. The second-order valence-corrected chi connectivity index (χ2v) is 12.9. The molecule has 0 heterocycles. The summed E-state index contributed by atoms with van der Waals surface area (Å²) in [6.45, 7) is 28.7. The lowest BCUT2D eigenvalue weighted by Crippen LogP contribution is -1.95. The summed E-state index contributed by atoms with van der Waals surface area (Å²) in [5.41, 5.74) is 6.61. The zero-order valence-corrected chi connectivity index (χ0v) is 42.1. The zero-order valence-electron chi connectivity index (χ0n) is 42.1. The molecule has 5 aromatic carbocycles. The van der Waals surface area contributed by atoms with E-state index in [0.717, 1.165) is 0 Å². The lowest BCUT2D eigenvalue weighted by atomic mass is 10.2. The van der Waals surface area contributed by atoms with Gasteiger partial charge in [0.25, 0.3) is 0 Å². The summed E-state index contributed by atoms with van der Waals surface area (Å²) >= 11 is 0.